The van der Waals surface area contributed by atoms with Crippen molar-refractivity contribution in [1.82, 2.24) is 0 Å². The number of carboxylic acids is 1. The van der Waals surface area contributed by atoms with Crippen molar-refractivity contribution in [3.63, 3.8) is 0 Å². The second-order valence-electron chi connectivity index (χ2n) is 7.33. The minimum Gasteiger partial charge on any atom is -0.493 e. The molecule has 0 spiro atoms. The summed E-state index contributed by atoms with van der Waals surface area (Å²) in [5.74, 6) is -1.33. The summed E-state index contributed by atoms with van der Waals surface area (Å²) in [6.07, 6.45) is 0.664. The molecule has 5 nitrogen and oxygen atoms in total. The maximum atomic E-state index is 12.6. The number of hydrogen-bond acceptors (Lipinski definition) is 3. The highest BCUT2D eigenvalue weighted by Crippen LogP contribution is 2.26. The number of benzene rings is 4. The Hall–Kier alpha value is -3.54. The van der Waals surface area contributed by atoms with Gasteiger partial charge in [-0.25, -0.2) is 4.79 Å². The van der Waals surface area contributed by atoms with E-state index in [2.05, 4.69) is 29.6 Å². The minimum atomic E-state index is -1.19. The van der Waals surface area contributed by atoms with Crippen molar-refractivity contribution in [2.75, 3.05) is 11.9 Å². The smallest absolute Gasteiger partial charge is 0.337 e. The first-order valence-electron chi connectivity index (χ1n) is 10.2. The number of nitrogens with one attached hydrogen (secondary N) is 1. The van der Waals surface area contributed by atoms with Gasteiger partial charge in [0.2, 0.25) is 0 Å². The van der Waals surface area contributed by atoms with Crippen molar-refractivity contribution in [2.24, 2.45) is 0 Å². The standard InChI is InChI=1S/C26H19Cl2NO4/c27-18-8-10-21(23(28)14-18)25(30)29-24-11-9-19(15-22(24)26(31)32)33-13-12-17-6-3-5-16-4-1-2-7-20(16)17/h1-11,14-15H,12-13H2,(H,29,30)(H,31,32). The summed E-state index contributed by atoms with van der Waals surface area (Å²) in [6, 6.07) is 23.2. The third-order valence-electron chi connectivity index (χ3n) is 5.17. The van der Waals surface area contributed by atoms with Gasteiger partial charge in [-0.15, -0.1) is 0 Å². The number of halogens is 2. The van der Waals surface area contributed by atoms with Crippen LogP contribution in [0.5, 0.6) is 5.75 Å². The summed E-state index contributed by atoms with van der Waals surface area (Å²) >= 11 is 11.9. The largest absolute Gasteiger partial charge is 0.493 e. The van der Waals surface area contributed by atoms with E-state index in [9.17, 15) is 14.7 Å². The number of rotatable bonds is 7. The van der Waals surface area contributed by atoms with Gasteiger partial charge in [-0.3, -0.25) is 4.79 Å². The molecule has 33 heavy (non-hydrogen) atoms. The lowest BCUT2D eigenvalue weighted by Gasteiger charge is -2.13. The van der Waals surface area contributed by atoms with E-state index in [4.69, 9.17) is 27.9 Å². The van der Waals surface area contributed by atoms with Crippen molar-refractivity contribution < 1.29 is 19.4 Å². The van der Waals surface area contributed by atoms with Crippen LogP contribution in [-0.4, -0.2) is 23.6 Å². The second kappa shape index (κ2) is 9.94. The highest BCUT2D eigenvalue weighted by Gasteiger charge is 2.17. The van der Waals surface area contributed by atoms with E-state index in [0.29, 0.717) is 23.8 Å². The van der Waals surface area contributed by atoms with Crippen LogP contribution in [-0.2, 0) is 6.42 Å². The maximum absolute atomic E-state index is 12.6. The maximum Gasteiger partial charge on any atom is 0.337 e. The van der Waals surface area contributed by atoms with Crippen molar-refractivity contribution in [3.8, 4) is 5.75 Å². The van der Waals surface area contributed by atoms with Gasteiger partial charge in [-0.1, -0.05) is 65.7 Å². The number of anilines is 1. The van der Waals surface area contributed by atoms with Crippen LogP contribution in [0.1, 0.15) is 26.3 Å². The normalized spacial score (nSPS) is 10.7. The Morgan fingerprint density at radius 2 is 1.67 bits per heavy atom. The van der Waals surface area contributed by atoms with Crippen LogP contribution < -0.4 is 10.1 Å². The van der Waals surface area contributed by atoms with E-state index in [0.717, 1.165) is 16.3 Å². The fraction of sp³-hybridized carbons (Fsp3) is 0.0769. The number of hydrogen-bond donors (Lipinski definition) is 2. The zero-order valence-electron chi connectivity index (χ0n) is 17.3. The quantitative estimate of drug-likeness (QED) is 0.308. The van der Waals surface area contributed by atoms with Gasteiger partial charge in [0, 0.05) is 11.4 Å². The van der Waals surface area contributed by atoms with Crippen LogP contribution in [0.3, 0.4) is 0 Å². The van der Waals surface area contributed by atoms with E-state index in [-0.39, 0.29) is 21.8 Å². The van der Waals surface area contributed by atoms with Crippen LogP contribution >= 0.6 is 23.2 Å². The SMILES string of the molecule is O=C(Nc1ccc(OCCc2cccc3ccccc23)cc1C(=O)O)c1ccc(Cl)cc1Cl. The molecule has 0 aliphatic rings. The summed E-state index contributed by atoms with van der Waals surface area (Å²) in [5.41, 5.74) is 1.39. The lowest BCUT2D eigenvalue weighted by Crippen LogP contribution is -2.15. The molecule has 0 aliphatic carbocycles. The zero-order chi connectivity index (χ0) is 23.4. The van der Waals surface area contributed by atoms with Crippen molar-refractivity contribution in [1.29, 1.82) is 0 Å². The molecule has 0 aromatic heterocycles. The first kappa shape index (κ1) is 22.6. The molecule has 7 heteroatoms. The molecule has 0 atom stereocenters. The fourth-order valence-electron chi connectivity index (χ4n) is 3.55. The van der Waals surface area contributed by atoms with E-state index >= 15 is 0 Å². The number of fused-ring (bicyclic) bond motifs is 1. The molecule has 0 bridgehead atoms. The molecule has 0 radical (unpaired) electrons. The topological polar surface area (TPSA) is 75.6 Å². The molecular weight excluding hydrogens is 461 g/mol. The van der Waals surface area contributed by atoms with Gasteiger partial charge in [0.1, 0.15) is 5.75 Å². The van der Waals surface area contributed by atoms with Crippen LogP contribution in [0.15, 0.2) is 78.9 Å². The summed E-state index contributed by atoms with van der Waals surface area (Å²) in [4.78, 5) is 24.4. The Morgan fingerprint density at radius 1 is 0.879 bits per heavy atom. The Balaban J connectivity index is 1.47. The second-order valence-corrected chi connectivity index (χ2v) is 8.17. The molecule has 166 valence electrons. The predicted octanol–water partition coefficient (Wildman–Crippen LogP) is 6.72. The number of carbonyl (C=O) groups is 2. The Labute approximate surface area is 200 Å². The van der Waals surface area contributed by atoms with Gasteiger partial charge in [-0.2, -0.15) is 0 Å². The minimum absolute atomic E-state index is 0.0869. The number of carboxylic acid groups (broad SMARTS) is 1. The summed E-state index contributed by atoms with van der Waals surface area (Å²) in [5, 5.41) is 15.1. The van der Waals surface area contributed by atoms with E-state index < -0.39 is 11.9 Å². The Morgan fingerprint density at radius 3 is 2.45 bits per heavy atom. The van der Waals surface area contributed by atoms with Gasteiger partial charge in [0.05, 0.1) is 28.4 Å². The van der Waals surface area contributed by atoms with E-state index in [1.807, 2.05) is 18.2 Å². The highest BCUT2D eigenvalue weighted by atomic mass is 35.5. The van der Waals surface area contributed by atoms with Crippen molar-refractivity contribution in [2.45, 2.75) is 6.42 Å². The average Bonchev–Trinajstić information content (AvgIpc) is 2.80. The highest BCUT2D eigenvalue weighted by molar-refractivity contribution is 6.37. The number of amides is 1. The number of aromatic carboxylic acids is 1. The van der Waals surface area contributed by atoms with Crippen LogP contribution in [0.4, 0.5) is 5.69 Å². The van der Waals surface area contributed by atoms with Crippen LogP contribution in [0.2, 0.25) is 10.0 Å². The first-order valence-corrected chi connectivity index (χ1v) is 10.9. The summed E-state index contributed by atoms with van der Waals surface area (Å²) in [6.45, 7) is 0.374. The molecule has 0 fully saturated rings. The van der Waals surface area contributed by atoms with E-state index in [1.54, 1.807) is 6.07 Å². The van der Waals surface area contributed by atoms with Crippen molar-refractivity contribution in [3.05, 3.63) is 106 Å². The molecule has 4 aromatic rings. The molecule has 2 N–H and O–H groups in total. The summed E-state index contributed by atoms with van der Waals surface area (Å²) in [7, 11) is 0. The van der Waals surface area contributed by atoms with Crippen molar-refractivity contribution >= 4 is 51.5 Å². The summed E-state index contributed by atoms with van der Waals surface area (Å²) < 4.78 is 5.81. The molecule has 1 amide bonds. The van der Waals surface area contributed by atoms with E-state index in [1.165, 1.54) is 30.3 Å². The first-order chi connectivity index (χ1) is 15.9. The predicted molar refractivity (Wildman–Crippen MR) is 131 cm³/mol. The molecule has 0 aliphatic heterocycles. The zero-order valence-corrected chi connectivity index (χ0v) is 18.9. The third kappa shape index (κ3) is 5.28. The average molecular weight is 480 g/mol. The van der Waals surface area contributed by atoms with Crippen LogP contribution in [0, 0.1) is 0 Å². The fourth-order valence-corrected chi connectivity index (χ4v) is 4.05. The lowest BCUT2D eigenvalue weighted by atomic mass is 10.0. The number of carbonyl (C=O) groups excluding carboxylic acids is 1. The Bertz CT molecular complexity index is 1350. The molecular formula is C26H19Cl2NO4. The van der Waals surface area contributed by atoms with Gasteiger partial charge in [0.25, 0.3) is 5.91 Å². The van der Waals surface area contributed by atoms with Gasteiger partial charge in [0.15, 0.2) is 0 Å². The molecule has 0 saturated heterocycles. The molecule has 0 saturated carbocycles. The van der Waals surface area contributed by atoms with Gasteiger partial charge in [-0.05, 0) is 52.7 Å². The molecule has 0 heterocycles. The molecule has 4 aromatic carbocycles. The van der Waals surface area contributed by atoms with Crippen LogP contribution in [0.25, 0.3) is 10.8 Å². The van der Waals surface area contributed by atoms with Gasteiger partial charge >= 0.3 is 5.97 Å². The monoisotopic (exact) mass is 479 g/mol. The van der Waals surface area contributed by atoms with Gasteiger partial charge < -0.3 is 15.2 Å². The molecule has 4 rings (SSSR count). The molecule has 0 unspecified atom stereocenters. The lowest BCUT2D eigenvalue weighted by molar-refractivity contribution is 0.0697. The third-order valence-corrected chi connectivity index (χ3v) is 5.71. The Kier molecular flexibility index (Phi) is 6.82. The number of ether oxygens (including phenoxy) is 1.